The lowest BCUT2D eigenvalue weighted by atomic mass is 10.1. The molecular weight excluding hydrogens is 338 g/mol. The fraction of sp³-hybridized carbons (Fsp3) is 0.250. The summed E-state index contributed by atoms with van der Waals surface area (Å²) in [6, 6.07) is 10.8. The number of halogens is 1. The third kappa shape index (κ3) is 3.96. The third-order valence-corrected chi connectivity index (χ3v) is 4.73. The Morgan fingerprint density at radius 2 is 2.00 bits per heavy atom. The number of hydrogen-bond acceptors (Lipinski definition) is 5. The van der Waals surface area contributed by atoms with E-state index in [1.807, 2.05) is 24.3 Å². The molecule has 0 spiro atoms. The zero-order chi connectivity index (χ0) is 16.2. The molecule has 5 nitrogen and oxygen atoms in total. The van der Waals surface area contributed by atoms with Crippen LogP contribution in [-0.2, 0) is 22.8 Å². The lowest BCUT2D eigenvalue weighted by Crippen LogP contribution is -2.13. The van der Waals surface area contributed by atoms with Crippen LogP contribution in [0.15, 0.2) is 36.4 Å². The van der Waals surface area contributed by atoms with Gasteiger partial charge < -0.3 is 9.47 Å². The molecule has 1 aliphatic rings. The van der Waals surface area contributed by atoms with Crippen LogP contribution in [0, 0.1) is 10.1 Å². The Bertz CT molecular complexity index is 721. The number of nitro benzene ring substituents is 1. The summed E-state index contributed by atoms with van der Waals surface area (Å²) in [6.07, 6.45) is 0. The highest BCUT2D eigenvalue weighted by molar-refractivity contribution is 7.97. The number of fused-ring (bicyclic) bond motifs is 1. The largest absolute Gasteiger partial charge is 0.467 e. The van der Waals surface area contributed by atoms with Crippen LogP contribution in [0.1, 0.15) is 16.7 Å². The quantitative estimate of drug-likeness (QED) is 0.584. The van der Waals surface area contributed by atoms with Gasteiger partial charge in [0.1, 0.15) is 5.75 Å². The van der Waals surface area contributed by atoms with E-state index in [1.165, 1.54) is 6.07 Å². The van der Waals surface area contributed by atoms with E-state index in [9.17, 15) is 10.1 Å². The summed E-state index contributed by atoms with van der Waals surface area (Å²) in [5.41, 5.74) is 2.78. The number of non-ortho nitro benzene ring substituents is 1. The normalized spacial score (nSPS) is 13.3. The van der Waals surface area contributed by atoms with Crippen molar-refractivity contribution >= 4 is 29.1 Å². The predicted molar refractivity (Wildman–Crippen MR) is 89.8 cm³/mol. The van der Waals surface area contributed by atoms with Gasteiger partial charge in [-0.25, -0.2) is 0 Å². The standard InChI is InChI=1S/C16H14ClNO4S/c17-14-3-1-11(2-4-14)8-23-9-13-6-15(18(19)20)5-12-7-21-10-22-16(12)13/h1-6H,7-10H2. The van der Waals surface area contributed by atoms with Crippen molar-refractivity contribution in [2.45, 2.75) is 18.1 Å². The van der Waals surface area contributed by atoms with Gasteiger partial charge in [-0.15, -0.1) is 0 Å². The van der Waals surface area contributed by atoms with Gasteiger partial charge in [-0.1, -0.05) is 23.7 Å². The highest BCUT2D eigenvalue weighted by Gasteiger charge is 2.20. The summed E-state index contributed by atoms with van der Waals surface area (Å²) in [6.45, 7) is 0.519. The van der Waals surface area contributed by atoms with Crippen LogP contribution in [0.5, 0.6) is 5.75 Å². The first-order valence-electron chi connectivity index (χ1n) is 6.96. The summed E-state index contributed by atoms with van der Waals surface area (Å²) in [5.74, 6) is 2.14. The Morgan fingerprint density at radius 3 is 2.74 bits per heavy atom. The highest BCUT2D eigenvalue weighted by Crippen LogP contribution is 2.35. The first kappa shape index (κ1) is 16.1. The number of ether oxygens (including phenoxy) is 2. The summed E-state index contributed by atoms with van der Waals surface area (Å²) >= 11 is 7.54. The zero-order valence-corrected chi connectivity index (χ0v) is 13.7. The van der Waals surface area contributed by atoms with Crippen LogP contribution in [0.4, 0.5) is 5.69 Å². The molecule has 2 aromatic rings. The molecule has 0 aromatic heterocycles. The summed E-state index contributed by atoms with van der Waals surface area (Å²) in [5, 5.41) is 11.8. The molecule has 1 heterocycles. The van der Waals surface area contributed by atoms with Crippen molar-refractivity contribution in [3.8, 4) is 5.75 Å². The lowest BCUT2D eigenvalue weighted by Gasteiger charge is -2.20. The van der Waals surface area contributed by atoms with E-state index in [2.05, 4.69) is 0 Å². The van der Waals surface area contributed by atoms with Gasteiger partial charge >= 0.3 is 0 Å². The fourth-order valence-corrected chi connectivity index (χ4v) is 3.44. The highest BCUT2D eigenvalue weighted by atomic mass is 35.5. The van der Waals surface area contributed by atoms with E-state index in [0.717, 1.165) is 22.4 Å². The van der Waals surface area contributed by atoms with Crippen LogP contribution in [0.3, 0.4) is 0 Å². The van der Waals surface area contributed by atoms with Crippen LogP contribution >= 0.6 is 23.4 Å². The molecule has 0 bridgehead atoms. The maximum Gasteiger partial charge on any atom is 0.270 e. The molecular formula is C16H14ClNO4S. The molecule has 0 atom stereocenters. The number of nitro groups is 1. The lowest BCUT2D eigenvalue weighted by molar-refractivity contribution is -0.385. The van der Waals surface area contributed by atoms with E-state index in [-0.39, 0.29) is 17.4 Å². The Morgan fingerprint density at radius 1 is 1.22 bits per heavy atom. The monoisotopic (exact) mass is 351 g/mol. The molecule has 0 unspecified atom stereocenters. The van der Waals surface area contributed by atoms with Crippen molar-refractivity contribution in [2.75, 3.05) is 6.79 Å². The average molecular weight is 352 g/mol. The van der Waals surface area contributed by atoms with E-state index in [0.29, 0.717) is 23.1 Å². The molecule has 7 heteroatoms. The van der Waals surface area contributed by atoms with E-state index < -0.39 is 0 Å². The molecule has 1 aliphatic heterocycles. The topological polar surface area (TPSA) is 61.6 Å². The van der Waals surface area contributed by atoms with Gasteiger partial charge in [0.15, 0.2) is 6.79 Å². The second-order valence-electron chi connectivity index (χ2n) is 5.08. The van der Waals surface area contributed by atoms with Gasteiger partial charge in [-0.2, -0.15) is 11.8 Å². The predicted octanol–water partition coefficient (Wildman–Crippen LogP) is 4.55. The van der Waals surface area contributed by atoms with E-state index in [4.69, 9.17) is 21.1 Å². The molecule has 0 aliphatic carbocycles. The summed E-state index contributed by atoms with van der Waals surface area (Å²) in [4.78, 5) is 10.7. The summed E-state index contributed by atoms with van der Waals surface area (Å²) < 4.78 is 10.7. The van der Waals surface area contributed by atoms with Gasteiger partial charge in [0.25, 0.3) is 5.69 Å². The number of thioether (sulfide) groups is 1. The van der Waals surface area contributed by atoms with Crippen molar-refractivity contribution in [1.82, 2.24) is 0 Å². The summed E-state index contributed by atoms with van der Waals surface area (Å²) in [7, 11) is 0. The first-order chi connectivity index (χ1) is 11.1. The second kappa shape index (κ2) is 7.21. The molecule has 0 saturated carbocycles. The molecule has 3 rings (SSSR count). The molecule has 0 saturated heterocycles. The molecule has 0 fully saturated rings. The van der Waals surface area contributed by atoms with Crippen molar-refractivity contribution in [3.05, 3.63) is 68.2 Å². The minimum absolute atomic E-state index is 0.0694. The van der Waals surface area contributed by atoms with Crippen molar-refractivity contribution in [3.63, 3.8) is 0 Å². The Labute approximate surface area is 142 Å². The van der Waals surface area contributed by atoms with E-state index in [1.54, 1.807) is 17.8 Å². The van der Waals surface area contributed by atoms with Gasteiger partial charge in [0, 0.05) is 39.8 Å². The third-order valence-electron chi connectivity index (χ3n) is 3.42. The average Bonchev–Trinajstić information content (AvgIpc) is 2.56. The molecule has 2 aromatic carbocycles. The van der Waals surface area contributed by atoms with Crippen LogP contribution < -0.4 is 4.74 Å². The van der Waals surface area contributed by atoms with Crippen LogP contribution in [-0.4, -0.2) is 11.7 Å². The van der Waals surface area contributed by atoms with Crippen LogP contribution in [0.2, 0.25) is 5.02 Å². The molecule has 120 valence electrons. The number of hydrogen-bond donors (Lipinski definition) is 0. The number of benzene rings is 2. The van der Waals surface area contributed by atoms with Gasteiger partial charge in [-0.05, 0) is 17.7 Å². The first-order valence-corrected chi connectivity index (χ1v) is 8.49. The molecule has 0 N–H and O–H groups in total. The minimum atomic E-state index is -0.387. The molecule has 0 amide bonds. The fourth-order valence-electron chi connectivity index (χ4n) is 2.35. The maximum atomic E-state index is 11.1. The van der Waals surface area contributed by atoms with E-state index >= 15 is 0 Å². The maximum absolute atomic E-state index is 11.1. The van der Waals surface area contributed by atoms with Crippen LogP contribution in [0.25, 0.3) is 0 Å². The number of rotatable bonds is 5. The second-order valence-corrected chi connectivity index (χ2v) is 6.50. The van der Waals surface area contributed by atoms with Crippen molar-refractivity contribution < 1.29 is 14.4 Å². The SMILES string of the molecule is O=[N+]([O-])c1cc2c(c(CSCc3ccc(Cl)cc3)c1)OCOC2. The van der Waals surface area contributed by atoms with Crippen molar-refractivity contribution in [2.24, 2.45) is 0 Å². The van der Waals surface area contributed by atoms with Gasteiger partial charge in [0.2, 0.25) is 0 Å². The van der Waals surface area contributed by atoms with Gasteiger partial charge in [0.05, 0.1) is 11.5 Å². The molecule has 23 heavy (non-hydrogen) atoms. The minimum Gasteiger partial charge on any atom is -0.467 e. The Hall–Kier alpha value is -1.76. The smallest absolute Gasteiger partial charge is 0.270 e. The zero-order valence-electron chi connectivity index (χ0n) is 12.2. The Balaban J connectivity index is 1.74. The molecule has 0 radical (unpaired) electrons. The Kier molecular flexibility index (Phi) is 5.05. The van der Waals surface area contributed by atoms with Crippen molar-refractivity contribution in [1.29, 1.82) is 0 Å². The van der Waals surface area contributed by atoms with Gasteiger partial charge in [-0.3, -0.25) is 10.1 Å². The number of nitrogens with zero attached hydrogens (tertiary/aromatic N) is 1.